The van der Waals surface area contributed by atoms with Gasteiger partial charge in [0.05, 0.1) is 22.9 Å². The Morgan fingerprint density at radius 1 is 1.47 bits per heavy atom. The number of nitrogens with zero attached hydrogens (tertiary/aromatic N) is 2. The van der Waals surface area contributed by atoms with E-state index >= 15 is 0 Å². The molecule has 0 bridgehead atoms. The van der Waals surface area contributed by atoms with Gasteiger partial charge in [0, 0.05) is 7.05 Å². The number of carbonyl (C=O) groups is 1. The van der Waals surface area contributed by atoms with Crippen molar-refractivity contribution in [3.8, 4) is 0 Å². The molecule has 0 amide bonds. The molecular weight excluding hydrogens is 246 g/mol. The summed E-state index contributed by atoms with van der Waals surface area (Å²) in [4.78, 5) is 14.5. The van der Waals surface area contributed by atoms with Crippen LogP contribution in [0.5, 0.6) is 0 Å². The lowest BCUT2D eigenvalue weighted by Crippen LogP contribution is -2.14. The Morgan fingerprint density at radius 3 is 2.65 bits per heavy atom. The van der Waals surface area contributed by atoms with Gasteiger partial charge in [-0.25, -0.2) is 23.3 Å². The van der Waals surface area contributed by atoms with Gasteiger partial charge in [0.2, 0.25) is 10.0 Å². The molecule has 0 atom stereocenters. The van der Waals surface area contributed by atoms with Crippen LogP contribution >= 0.6 is 0 Å². The minimum Gasteiger partial charge on any atom is -0.478 e. The summed E-state index contributed by atoms with van der Waals surface area (Å²) >= 11 is 0. The molecule has 0 unspecified atom stereocenters. The van der Waals surface area contributed by atoms with Gasteiger partial charge < -0.3 is 9.67 Å². The average molecular weight is 255 g/mol. The summed E-state index contributed by atoms with van der Waals surface area (Å²) in [5, 5.41) is 13.9. The van der Waals surface area contributed by atoms with Crippen LogP contribution in [0.1, 0.15) is 10.4 Å². The van der Waals surface area contributed by atoms with E-state index in [0.29, 0.717) is 0 Å². The van der Waals surface area contributed by atoms with E-state index in [-0.39, 0.29) is 21.5 Å². The highest BCUT2D eigenvalue weighted by Gasteiger charge is 2.19. The number of sulfonamides is 1. The minimum absolute atomic E-state index is 0.166. The number of carboxylic acid groups (broad SMARTS) is 1. The largest absolute Gasteiger partial charge is 0.478 e. The molecule has 1 heterocycles. The quantitative estimate of drug-likeness (QED) is 0.778. The van der Waals surface area contributed by atoms with E-state index in [1.54, 1.807) is 7.05 Å². The molecule has 8 heteroatoms. The number of nitrogens with two attached hydrogens (primary N) is 1. The Morgan fingerprint density at radius 2 is 2.12 bits per heavy atom. The second kappa shape index (κ2) is 3.54. The summed E-state index contributed by atoms with van der Waals surface area (Å²) in [5.41, 5.74) is 0.397. The van der Waals surface area contributed by atoms with Gasteiger partial charge in [-0.2, -0.15) is 0 Å². The van der Waals surface area contributed by atoms with Gasteiger partial charge in [-0.3, -0.25) is 0 Å². The van der Waals surface area contributed by atoms with E-state index < -0.39 is 16.0 Å². The molecular formula is C9H9N3O4S. The minimum atomic E-state index is -4.00. The molecule has 17 heavy (non-hydrogen) atoms. The van der Waals surface area contributed by atoms with Crippen molar-refractivity contribution in [1.82, 2.24) is 9.55 Å². The molecule has 1 aromatic carbocycles. The lowest BCUT2D eigenvalue weighted by atomic mass is 10.2. The first kappa shape index (κ1) is 11.6. The van der Waals surface area contributed by atoms with Crippen LogP contribution in [-0.2, 0) is 17.1 Å². The molecule has 0 radical (unpaired) electrons. The molecule has 0 aliphatic rings. The van der Waals surface area contributed by atoms with E-state index in [1.807, 2.05) is 0 Å². The molecule has 0 aliphatic carbocycles. The number of rotatable bonds is 2. The van der Waals surface area contributed by atoms with Gasteiger partial charge in [-0.15, -0.1) is 0 Å². The van der Waals surface area contributed by atoms with Crippen LogP contribution in [0.2, 0.25) is 0 Å². The lowest BCUT2D eigenvalue weighted by Gasteiger charge is -2.04. The zero-order valence-electron chi connectivity index (χ0n) is 8.78. The number of aromatic carboxylic acids is 1. The smallest absolute Gasteiger partial charge is 0.335 e. The lowest BCUT2D eigenvalue weighted by molar-refractivity contribution is 0.0697. The molecule has 2 aromatic rings. The van der Waals surface area contributed by atoms with Crippen LogP contribution in [-0.4, -0.2) is 29.0 Å². The van der Waals surface area contributed by atoms with Crippen molar-refractivity contribution < 1.29 is 18.3 Å². The number of imidazole rings is 1. The maximum atomic E-state index is 11.4. The molecule has 2 rings (SSSR count). The van der Waals surface area contributed by atoms with Crippen LogP contribution in [0.3, 0.4) is 0 Å². The maximum absolute atomic E-state index is 11.4. The van der Waals surface area contributed by atoms with E-state index in [0.717, 1.165) is 6.07 Å². The number of fused-ring (bicyclic) bond motifs is 1. The molecule has 1 aromatic heterocycles. The van der Waals surface area contributed by atoms with Crippen LogP contribution in [0.25, 0.3) is 11.0 Å². The Hall–Kier alpha value is -1.93. The van der Waals surface area contributed by atoms with Gasteiger partial charge in [0.15, 0.2) is 0 Å². The summed E-state index contributed by atoms with van der Waals surface area (Å²) in [6, 6.07) is 2.33. The Bertz CT molecular complexity index is 717. The first-order valence-electron chi connectivity index (χ1n) is 4.52. The van der Waals surface area contributed by atoms with Crippen LogP contribution < -0.4 is 5.14 Å². The predicted octanol–water partition coefficient (Wildman–Crippen LogP) is -0.0811. The van der Waals surface area contributed by atoms with Crippen LogP contribution in [0.15, 0.2) is 23.4 Å². The van der Waals surface area contributed by atoms with Crippen molar-refractivity contribution in [2.45, 2.75) is 4.90 Å². The third-order valence-corrected chi connectivity index (χ3v) is 3.26. The van der Waals surface area contributed by atoms with E-state index in [1.165, 1.54) is 17.0 Å². The van der Waals surface area contributed by atoms with Gasteiger partial charge in [-0.05, 0) is 12.1 Å². The SMILES string of the molecule is Cn1cnc2cc(C(=O)O)cc(S(N)(=O)=O)c21. The summed E-state index contributed by atoms with van der Waals surface area (Å²) in [6.07, 6.45) is 1.39. The topological polar surface area (TPSA) is 115 Å². The van der Waals surface area contributed by atoms with Gasteiger partial charge in [0.1, 0.15) is 4.90 Å². The fraction of sp³-hybridized carbons (Fsp3) is 0.111. The van der Waals surface area contributed by atoms with E-state index in [9.17, 15) is 13.2 Å². The van der Waals surface area contributed by atoms with Crippen molar-refractivity contribution in [1.29, 1.82) is 0 Å². The number of aryl methyl sites for hydroxylation is 1. The monoisotopic (exact) mass is 255 g/mol. The zero-order valence-corrected chi connectivity index (χ0v) is 9.60. The zero-order chi connectivity index (χ0) is 12.8. The Labute approximate surface area is 96.5 Å². The fourth-order valence-electron chi connectivity index (χ4n) is 1.59. The number of hydrogen-bond donors (Lipinski definition) is 2. The number of benzene rings is 1. The fourth-order valence-corrected chi connectivity index (χ4v) is 2.40. The summed E-state index contributed by atoms with van der Waals surface area (Å²) in [7, 11) is -2.40. The second-order valence-corrected chi connectivity index (χ2v) is 5.08. The first-order valence-corrected chi connectivity index (χ1v) is 6.06. The predicted molar refractivity (Wildman–Crippen MR) is 59.0 cm³/mol. The number of hydrogen-bond acceptors (Lipinski definition) is 4. The summed E-state index contributed by atoms with van der Waals surface area (Å²) in [6.45, 7) is 0. The van der Waals surface area contributed by atoms with E-state index in [2.05, 4.69) is 4.98 Å². The van der Waals surface area contributed by atoms with E-state index in [4.69, 9.17) is 10.2 Å². The number of aromatic nitrogens is 2. The van der Waals surface area contributed by atoms with Crippen molar-refractivity contribution >= 4 is 27.0 Å². The standard InChI is InChI=1S/C9H9N3O4S/c1-12-4-11-6-2-5(9(13)14)3-7(8(6)12)17(10,15)16/h2-4H,1H3,(H,13,14)(H2,10,15,16). The molecule has 0 saturated heterocycles. The molecule has 0 saturated carbocycles. The van der Waals surface area contributed by atoms with Gasteiger partial charge >= 0.3 is 5.97 Å². The molecule has 3 N–H and O–H groups in total. The maximum Gasteiger partial charge on any atom is 0.335 e. The summed E-state index contributed by atoms with van der Waals surface area (Å²) in [5.74, 6) is -1.23. The molecule has 7 nitrogen and oxygen atoms in total. The molecule has 0 aliphatic heterocycles. The third-order valence-electron chi connectivity index (χ3n) is 2.33. The van der Waals surface area contributed by atoms with Crippen molar-refractivity contribution in [3.63, 3.8) is 0 Å². The summed E-state index contributed by atoms with van der Waals surface area (Å²) < 4.78 is 24.3. The number of carboxylic acids is 1. The average Bonchev–Trinajstić information content (AvgIpc) is 2.58. The van der Waals surface area contributed by atoms with Crippen LogP contribution in [0.4, 0.5) is 0 Å². The highest BCUT2D eigenvalue weighted by molar-refractivity contribution is 7.89. The third kappa shape index (κ3) is 1.87. The first-order chi connectivity index (χ1) is 7.80. The Kier molecular flexibility index (Phi) is 2.40. The molecule has 90 valence electrons. The highest BCUT2D eigenvalue weighted by Crippen LogP contribution is 2.23. The molecule has 0 fully saturated rings. The Balaban J connectivity index is 2.96. The normalized spacial score (nSPS) is 11.9. The van der Waals surface area contributed by atoms with Crippen molar-refractivity contribution in [2.24, 2.45) is 12.2 Å². The van der Waals surface area contributed by atoms with Gasteiger partial charge in [-0.1, -0.05) is 0 Å². The van der Waals surface area contributed by atoms with Crippen molar-refractivity contribution in [3.05, 3.63) is 24.0 Å². The second-order valence-electron chi connectivity index (χ2n) is 3.55. The van der Waals surface area contributed by atoms with Gasteiger partial charge in [0.25, 0.3) is 0 Å². The van der Waals surface area contributed by atoms with Crippen molar-refractivity contribution in [2.75, 3.05) is 0 Å². The number of primary sulfonamides is 1. The molecule has 0 spiro atoms. The highest BCUT2D eigenvalue weighted by atomic mass is 32.2. The van der Waals surface area contributed by atoms with Crippen LogP contribution in [0, 0.1) is 0 Å².